The average Bonchev–Trinajstić information content (AvgIpc) is 2.96. The molecule has 0 spiro atoms. The summed E-state index contributed by atoms with van der Waals surface area (Å²) in [6.07, 6.45) is 5.60. The van der Waals surface area contributed by atoms with E-state index in [4.69, 9.17) is 20.9 Å². The van der Waals surface area contributed by atoms with E-state index in [9.17, 15) is 0 Å². The first-order chi connectivity index (χ1) is 11.2. The molecule has 0 saturated heterocycles. The van der Waals surface area contributed by atoms with Crippen molar-refractivity contribution < 1.29 is 9.26 Å². The summed E-state index contributed by atoms with van der Waals surface area (Å²) in [6.45, 7) is 2.51. The van der Waals surface area contributed by atoms with E-state index in [1.54, 1.807) is 0 Å². The third kappa shape index (κ3) is 4.49. The van der Waals surface area contributed by atoms with Gasteiger partial charge in [-0.15, -0.1) is 0 Å². The minimum absolute atomic E-state index is 0.697. The maximum atomic E-state index is 5.86. The molecule has 5 heteroatoms. The van der Waals surface area contributed by atoms with Crippen LogP contribution in [-0.2, 0) is 19.4 Å². The maximum absolute atomic E-state index is 5.86. The van der Waals surface area contributed by atoms with Crippen molar-refractivity contribution >= 4 is 11.6 Å². The van der Waals surface area contributed by atoms with Crippen molar-refractivity contribution in [2.75, 3.05) is 20.2 Å². The Balaban J connectivity index is 1.40. The van der Waals surface area contributed by atoms with E-state index in [-0.39, 0.29) is 0 Å². The van der Waals surface area contributed by atoms with Gasteiger partial charge in [0.15, 0.2) is 0 Å². The molecule has 1 aliphatic rings. The lowest BCUT2D eigenvalue weighted by molar-refractivity contribution is 0.254. The topological polar surface area (TPSA) is 38.5 Å². The minimum Gasteiger partial charge on any atom is -0.494 e. The van der Waals surface area contributed by atoms with E-state index in [1.165, 1.54) is 18.4 Å². The van der Waals surface area contributed by atoms with Crippen molar-refractivity contribution in [2.24, 2.45) is 0 Å². The molecular formula is C18H23ClN2O2. The van der Waals surface area contributed by atoms with Gasteiger partial charge < -0.3 is 14.2 Å². The summed E-state index contributed by atoms with van der Waals surface area (Å²) in [7, 11) is 2.12. The molecule has 0 fully saturated rings. The van der Waals surface area contributed by atoms with Crippen LogP contribution in [0.3, 0.4) is 0 Å². The van der Waals surface area contributed by atoms with Crippen LogP contribution in [0, 0.1) is 0 Å². The second kappa shape index (κ2) is 7.84. The maximum Gasteiger partial charge on any atom is 0.140 e. The Morgan fingerprint density at radius 2 is 2.00 bits per heavy atom. The van der Waals surface area contributed by atoms with E-state index >= 15 is 0 Å². The predicted octanol–water partition coefficient (Wildman–Crippen LogP) is 4.11. The van der Waals surface area contributed by atoms with Crippen molar-refractivity contribution in [3.63, 3.8) is 0 Å². The number of benzene rings is 1. The molecule has 0 bridgehead atoms. The lowest BCUT2D eigenvalue weighted by atomic mass is 9.96. The number of ether oxygens (including phenoxy) is 1. The fourth-order valence-electron chi connectivity index (χ4n) is 2.96. The Morgan fingerprint density at radius 1 is 1.22 bits per heavy atom. The van der Waals surface area contributed by atoms with Gasteiger partial charge in [-0.25, -0.2) is 0 Å². The highest BCUT2D eigenvalue weighted by Crippen LogP contribution is 2.24. The zero-order valence-corrected chi connectivity index (χ0v) is 14.3. The van der Waals surface area contributed by atoms with Gasteiger partial charge in [-0.2, -0.15) is 0 Å². The van der Waals surface area contributed by atoms with Crippen molar-refractivity contribution in [3.05, 3.63) is 46.3 Å². The first kappa shape index (κ1) is 16.3. The highest BCUT2D eigenvalue weighted by Gasteiger charge is 2.19. The molecule has 0 atom stereocenters. The molecule has 0 saturated carbocycles. The zero-order valence-electron chi connectivity index (χ0n) is 13.6. The molecule has 0 radical (unpaired) electrons. The van der Waals surface area contributed by atoms with Gasteiger partial charge in [0.1, 0.15) is 17.2 Å². The molecule has 4 nitrogen and oxygen atoms in total. The number of aryl methyl sites for hydroxylation is 1. The van der Waals surface area contributed by atoms with Crippen molar-refractivity contribution in [2.45, 2.75) is 38.6 Å². The fourth-order valence-corrected chi connectivity index (χ4v) is 3.09. The number of hydrogen-bond donors (Lipinski definition) is 0. The molecule has 23 heavy (non-hydrogen) atoms. The van der Waals surface area contributed by atoms with Crippen LogP contribution in [0.2, 0.25) is 5.02 Å². The molecule has 0 unspecified atom stereocenters. The highest BCUT2D eigenvalue weighted by atomic mass is 35.5. The summed E-state index contributed by atoms with van der Waals surface area (Å²) < 4.78 is 11.2. The minimum atomic E-state index is 0.697. The van der Waals surface area contributed by atoms with Gasteiger partial charge in [-0.3, -0.25) is 0 Å². The predicted molar refractivity (Wildman–Crippen MR) is 91.0 cm³/mol. The van der Waals surface area contributed by atoms with Crippen molar-refractivity contribution in [1.82, 2.24) is 10.1 Å². The summed E-state index contributed by atoms with van der Waals surface area (Å²) >= 11 is 5.86. The average molecular weight is 335 g/mol. The van der Waals surface area contributed by atoms with Crippen LogP contribution in [0.25, 0.3) is 0 Å². The second-order valence-electron chi connectivity index (χ2n) is 6.13. The van der Waals surface area contributed by atoms with E-state index in [2.05, 4.69) is 17.1 Å². The monoisotopic (exact) mass is 334 g/mol. The lowest BCUT2D eigenvalue weighted by Crippen LogP contribution is -2.22. The quantitative estimate of drug-likeness (QED) is 0.714. The summed E-state index contributed by atoms with van der Waals surface area (Å²) in [5.74, 6) is 1.97. The molecule has 0 N–H and O–H groups in total. The van der Waals surface area contributed by atoms with E-state index < -0.39 is 0 Å². The molecule has 124 valence electrons. The number of rotatable bonds is 7. The number of halogens is 1. The second-order valence-corrected chi connectivity index (χ2v) is 6.57. The first-order valence-electron chi connectivity index (χ1n) is 8.25. The third-order valence-electron chi connectivity index (χ3n) is 4.22. The molecule has 0 amide bonds. The summed E-state index contributed by atoms with van der Waals surface area (Å²) in [6, 6.07) is 7.48. The Morgan fingerprint density at radius 3 is 2.83 bits per heavy atom. The van der Waals surface area contributed by atoms with Gasteiger partial charge in [0.2, 0.25) is 0 Å². The van der Waals surface area contributed by atoms with Crippen LogP contribution in [0.5, 0.6) is 5.75 Å². The summed E-state index contributed by atoms with van der Waals surface area (Å²) in [4.78, 5) is 2.28. The number of aromatic nitrogens is 1. The van der Waals surface area contributed by atoms with Gasteiger partial charge >= 0.3 is 0 Å². The van der Waals surface area contributed by atoms with Crippen LogP contribution in [0.15, 0.2) is 28.8 Å². The summed E-state index contributed by atoms with van der Waals surface area (Å²) in [5, 5.41) is 4.99. The molecular weight excluding hydrogens is 312 g/mol. The van der Waals surface area contributed by atoms with Crippen LogP contribution in [0.1, 0.15) is 36.3 Å². The molecule has 2 aromatic rings. The van der Waals surface area contributed by atoms with Crippen LogP contribution in [0.4, 0.5) is 0 Å². The Kier molecular flexibility index (Phi) is 5.57. The van der Waals surface area contributed by atoms with Crippen LogP contribution in [-0.4, -0.2) is 30.3 Å². The fraction of sp³-hybridized carbons (Fsp3) is 0.500. The van der Waals surface area contributed by atoms with Gasteiger partial charge in [-0.1, -0.05) is 16.8 Å². The summed E-state index contributed by atoms with van der Waals surface area (Å²) in [5.41, 5.74) is 2.46. The number of fused-ring (bicyclic) bond motifs is 1. The van der Waals surface area contributed by atoms with Gasteiger partial charge in [0.25, 0.3) is 0 Å². The smallest absolute Gasteiger partial charge is 0.140 e. The zero-order chi connectivity index (χ0) is 16.1. The molecule has 3 rings (SSSR count). The molecule has 1 aromatic carbocycles. The first-order valence-corrected chi connectivity index (χ1v) is 8.63. The highest BCUT2D eigenvalue weighted by molar-refractivity contribution is 6.30. The van der Waals surface area contributed by atoms with E-state index in [0.717, 1.165) is 54.6 Å². The van der Waals surface area contributed by atoms with E-state index in [1.807, 2.05) is 24.3 Å². The molecule has 1 aliphatic carbocycles. The normalized spacial score (nSPS) is 14.0. The largest absolute Gasteiger partial charge is 0.494 e. The Bertz CT molecular complexity index is 624. The molecule has 1 heterocycles. The molecule has 1 aromatic heterocycles. The van der Waals surface area contributed by atoms with E-state index in [0.29, 0.717) is 6.61 Å². The SMILES string of the molecule is CN(CCCOc1ccc(Cl)cc1)Cc1noc2c1CCCC2. The van der Waals surface area contributed by atoms with Crippen molar-refractivity contribution in [3.8, 4) is 5.75 Å². The Hall–Kier alpha value is -1.52. The van der Waals surface area contributed by atoms with Gasteiger partial charge in [0.05, 0.1) is 6.61 Å². The number of hydrogen-bond acceptors (Lipinski definition) is 4. The number of nitrogens with zero attached hydrogens (tertiary/aromatic N) is 2. The third-order valence-corrected chi connectivity index (χ3v) is 4.47. The van der Waals surface area contributed by atoms with Crippen LogP contribution >= 0.6 is 11.6 Å². The van der Waals surface area contributed by atoms with Gasteiger partial charge in [0, 0.05) is 30.1 Å². The van der Waals surface area contributed by atoms with Crippen molar-refractivity contribution in [1.29, 1.82) is 0 Å². The Labute approximate surface area is 142 Å². The molecule has 0 aliphatic heterocycles. The van der Waals surface area contributed by atoms with Crippen LogP contribution < -0.4 is 4.74 Å². The van der Waals surface area contributed by atoms with Gasteiger partial charge in [-0.05, 0) is 57.0 Å². The lowest BCUT2D eigenvalue weighted by Gasteiger charge is -2.17. The standard InChI is InChI=1S/C18H23ClN2O2/c1-21(11-4-12-22-15-9-7-14(19)8-10-15)13-17-16-5-2-3-6-18(16)23-20-17/h7-10H,2-6,11-13H2,1H3.